The third-order valence-electron chi connectivity index (χ3n) is 6.24. The van der Waals surface area contributed by atoms with Gasteiger partial charge in [-0.25, -0.2) is 9.97 Å². The van der Waals surface area contributed by atoms with Crippen molar-refractivity contribution in [1.82, 2.24) is 29.9 Å². The fourth-order valence-electron chi connectivity index (χ4n) is 4.25. The predicted octanol–water partition coefficient (Wildman–Crippen LogP) is 4.22. The van der Waals surface area contributed by atoms with Gasteiger partial charge in [-0.15, -0.1) is 5.10 Å². The molecule has 39 heavy (non-hydrogen) atoms. The second-order valence-corrected chi connectivity index (χ2v) is 8.64. The van der Waals surface area contributed by atoms with Crippen LogP contribution in [0, 0.1) is 0 Å². The van der Waals surface area contributed by atoms with E-state index in [9.17, 15) is 31.1 Å². The van der Waals surface area contributed by atoms with Crippen LogP contribution in [-0.2, 0) is 12.4 Å². The first-order chi connectivity index (χ1) is 18.5. The first kappa shape index (κ1) is 26.2. The summed E-state index contributed by atoms with van der Waals surface area (Å²) in [5.74, 6) is 0.167. The van der Waals surface area contributed by atoms with Crippen molar-refractivity contribution < 1.29 is 35.9 Å². The molecular weight excluding hydrogens is 532 g/mol. The molecule has 5 rings (SSSR count). The lowest BCUT2D eigenvalue weighted by Gasteiger charge is -2.35. The highest BCUT2D eigenvalue weighted by Gasteiger charge is 2.38. The molecule has 1 saturated heterocycles. The van der Waals surface area contributed by atoms with E-state index < -0.39 is 35.0 Å². The second-order valence-electron chi connectivity index (χ2n) is 8.64. The highest BCUT2D eigenvalue weighted by molar-refractivity contribution is 5.95. The lowest BCUT2D eigenvalue weighted by Crippen LogP contribution is -2.49. The number of alkyl halides is 6. The molecule has 4 aromatic rings. The van der Waals surface area contributed by atoms with E-state index in [-0.39, 0.29) is 32.2 Å². The number of carbonyl (C=O) groups excluding carboxylic acids is 1. The number of methoxy groups -OCH3 is 1. The van der Waals surface area contributed by atoms with Crippen molar-refractivity contribution in [2.24, 2.45) is 0 Å². The van der Waals surface area contributed by atoms with Gasteiger partial charge in [0.2, 0.25) is 0 Å². The number of piperazine rings is 1. The SMILES string of the molecule is COc1ccc(-n2nnc3c(N4CCN(C(=O)c5cc(C(F)(F)F)cc(C(F)(F)F)c5)CC4)ncnc32)cc1. The van der Waals surface area contributed by atoms with Gasteiger partial charge >= 0.3 is 12.4 Å². The first-order valence-electron chi connectivity index (χ1n) is 11.5. The van der Waals surface area contributed by atoms with Crippen molar-refractivity contribution in [2.45, 2.75) is 12.4 Å². The monoisotopic (exact) mass is 551 g/mol. The lowest BCUT2D eigenvalue weighted by molar-refractivity contribution is -0.143. The Hall–Kier alpha value is -4.43. The van der Waals surface area contributed by atoms with Crippen molar-refractivity contribution >= 4 is 22.9 Å². The molecule has 0 spiro atoms. The van der Waals surface area contributed by atoms with Crippen LogP contribution in [-0.4, -0.2) is 69.1 Å². The normalized spacial score (nSPS) is 14.6. The van der Waals surface area contributed by atoms with E-state index in [0.29, 0.717) is 40.6 Å². The molecule has 0 aliphatic carbocycles. The van der Waals surface area contributed by atoms with E-state index in [1.165, 1.54) is 15.9 Å². The number of nitrogens with zero attached hydrogens (tertiary/aromatic N) is 7. The molecule has 2 aromatic heterocycles. The zero-order valence-electron chi connectivity index (χ0n) is 20.2. The van der Waals surface area contributed by atoms with Crippen LogP contribution in [0.5, 0.6) is 5.75 Å². The fraction of sp³-hybridized carbons (Fsp3) is 0.292. The van der Waals surface area contributed by atoms with Gasteiger partial charge in [-0.3, -0.25) is 4.79 Å². The minimum absolute atomic E-state index is 0.00577. The van der Waals surface area contributed by atoms with Crippen LogP contribution in [0.1, 0.15) is 21.5 Å². The Morgan fingerprint density at radius 3 is 2.05 bits per heavy atom. The maximum absolute atomic E-state index is 13.2. The number of anilines is 1. The van der Waals surface area contributed by atoms with Crippen LogP contribution in [0.3, 0.4) is 0 Å². The van der Waals surface area contributed by atoms with Gasteiger partial charge in [-0.05, 0) is 42.5 Å². The quantitative estimate of drug-likeness (QED) is 0.351. The summed E-state index contributed by atoms with van der Waals surface area (Å²) in [7, 11) is 1.55. The summed E-state index contributed by atoms with van der Waals surface area (Å²) in [6.45, 7) is 0.486. The summed E-state index contributed by atoms with van der Waals surface area (Å²) in [5.41, 5.74) is -2.27. The third-order valence-corrected chi connectivity index (χ3v) is 6.24. The van der Waals surface area contributed by atoms with Gasteiger partial charge in [0, 0.05) is 31.7 Å². The minimum atomic E-state index is -5.05. The number of halogens is 6. The third kappa shape index (κ3) is 5.15. The number of carbonyl (C=O) groups is 1. The molecule has 0 unspecified atom stereocenters. The largest absolute Gasteiger partial charge is 0.497 e. The van der Waals surface area contributed by atoms with E-state index in [2.05, 4.69) is 20.3 Å². The molecule has 0 radical (unpaired) electrons. The molecule has 0 atom stereocenters. The molecule has 1 aliphatic heterocycles. The van der Waals surface area contributed by atoms with Gasteiger partial charge in [-0.1, -0.05) is 5.21 Å². The Bertz CT molecular complexity index is 1480. The summed E-state index contributed by atoms with van der Waals surface area (Å²) < 4.78 is 86.0. The van der Waals surface area contributed by atoms with E-state index >= 15 is 0 Å². The molecule has 1 amide bonds. The van der Waals surface area contributed by atoms with Crippen LogP contribution in [0.2, 0.25) is 0 Å². The Morgan fingerprint density at radius 2 is 1.49 bits per heavy atom. The molecule has 0 saturated carbocycles. The van der Waals surface area contributed by atoms with Gasteiger partial charge in [0.15, 0.2) is 17.0 Å². The van der Waals surface area contributed by atoms with Gasteiger partial charge in [0.05, 0.1) is 23.9 Å². The number of fused-ring (bicyclic) bond motifs is 1. The van der Waals surface area contributed by atoms with Crippen molar-refractivity contribution in [2.75, 3.05) is 38.2 Å². The maximum atomic E-state index is 13.2. The summed E-state index contributed by atoms with van der Waals surface area (Å²) in [4.78, 5) is 24.5. The second kappa shape index (κ2) is 9.71. The van der Waals surface area contributed by atoms with Gasteiger partial charge in [0.25, 0.3) is 5.91 Å². The van der Waals surface area contributed by atoms with Gasteiger partial charge in [-0.2, -0.15) is 31.0 Å². The number of hydrogen-bond acceptors (Lipinski definition) is 7. The highest BCUT2D eigenvalue weighted by Crippen LogP contribution is 2.36. The van der Waals surface area contributed by atoms with Crippen molar-refractivity contribution in [3.63, 3.8) is 0 Å². The molecule has 1 fully saturated rings. The van der Waals surface area contributed by atoms with Crippen LogP contribution >= 0.6 is 0 Å². The smallest absolute Gasteiger partial charge is 0.416 e. The Labute approximate surface area is 216 Å². The predicted molar refractivity (Wildman–Crippen MR) is 126 cm³/mol. The fourth-order valence-corrected chi connectivity index (χ4v) is 4.25. The zero-order chi connectivity index (χ0) is 27.9. The van der Waals surface area contributed by atoms with Gasteiger partial charge in [0.1, 0.15) is 12.1 Å². The first-order valence-corrected chi connectivity index (χ1v) is 11.5. The topological polar surface area (TPSA) is 89.3 Å². The van der Waals surface area contributed by atoms with E-state index in [1.54, 1.807) is 36.3 Å². The standard InChI is InChI=1S/C24H19F6N7O2/c1-39-18-4-2-17(3-5-18)37-21-19(33-34-37)20(31-13-32-21)35-6-8-36(9-7-35)22(38)14-10-15(23(25,26)27)12-16(11-14)24(28,29)30/h2-5,10-13H,6-9H2,1H3. The van der Waals surface area contributed by atoms with E-state index in [0.717, 1.165) is 0 Å². The summed E-state index contributed by atoms with van der Waals surface area (Å²) in [5, 5.41) is 8.37. The number of benzene rings is 2. The molecule has 204 valence electrons. The maximum Gasteiger partial charge on any atom is 0.416 e. The molecule has 3 heterocycles. The molecular formula is C24H19F6N7O2. The Kier molecular flexibility index (Phi) is 6.52. The average molecular weight is 551 g/mol. The number of hydrogen-bond donors (Lipinski definition) is 0. The highest BCUT2D eigenvalue weighted by atomic mass is 19.4. The summed E-state index contributed by atoms with van der Waals surface area (Å²) in [6, 6.07) is 7.93. The molecule has 0 bridgehead atoms. The van der Waals surface area contributed by atoms with Crippen molar-refractivity contribution in [1.29, 1.82) is 0 Å². The van der Waals surface area contributed by atoms with Crippen LogP contribution in [0.25, 0.3) is 16.9 Å². The van der Waals surface area contributed by atoms with Crippen LogP contribution in [0.15, 0.2) is 48.8 Å². The number of ether oxygens (including phenoxy) is 1. The number of rotatable bonds is 4. The molecule has 15 heteroatoms. The van der Waals surface area contributed by atoms with Crippen LogP contribution < -0.4 is 9.64 Å². The van der Waals surface area contributed by atoms with Crippen molar-refractivity contribution in [3.8, 4) is 11.4 Å². The van der Waals surface area contributed by atoms with E-state index in [4.69, 9.17) is 4.74 Å². The minimum Gasteiger partial charge on any atom is -0.497 e. The average Bonchev–Trinajstić information content (AvgIpc) is 3.36. The number of amides is 1. The summed E-state index contributed by atoms with van der Waals surface area (Å²) >= 11 is 0. The summed E-state index contributed by atoms with van der Waals surface area (Å²) in [6.07, 6.45) is -8.76. The number of aromatic nitrogens is 5. The van der Waals surface area contributed by atoms with Crippen molar-refractivity contribution in [3.05, 3.63) is 65.5 Å². The van der Waals surface area contributed by atoms with Gasteiger partial charge < -0.3 is 14.5 Å². The zero-order valence-corrected chi connectivity index (χ0v) is 20.2. The molecule has 9 nitrogen and oxygen atoms in total. The molecule has 2 aromatic carbocycles. The molecule has 1 aliphatic rings. The Morgan fingerprint density at radius 1 is 0.872 bits per heavy atom. The Balaban J connectivity index is 1.36. The lowest BCUT2D eigenvalue weighted by atomic mass is 10.0. The van der Waals surface area contributed by atoms with Crippen LogP contribution in [0.4, 0.5) is 32.2 Å². The molecule has 0 N–H and O–H groups in total. The van der Waals surface area contributed by atoms with E-state index in [1.807, 2.05) is 0 Å².